The zero-order chi connectivity index (χ0) is 15.5. The fourth-order valence-electron chi connectivity index (χ4n) is 2.17. The molecule has 0 aliphatic heterocycles. The van der Waals surface area contributed by atoms with Gasteiger partial charge in [-0.05, 0) is 6.92 Å². The van der Waals surface area contributed by atoms with E-state index in [2.05, 4.69) is 20.6 Å². The fourth-order valence-corrected chi connectivity index (χ4v) is 2.17. The molecule has 0 aliphatic carbocycles. The number of carbonyl (C=O) groups is 1. The summed E-state index contributed by atoms with van der Waals surface area (Å²) in [7, 11) is 1.78. The van der Waals surface area contributed by atoms with Crippen molar-refractivity contribution in [1.29, 1.82) is 0 Å². The lowest BCUT2D eigenvalue weighted by atomic mass is 10.1. The maximum atomic E-state index is 12.5. The van der Waals surface area contributed by atoms with Crippen LogP contribution in [0, 0.1) is 0 Å². The van der Waals surface area contributed by atoms with E-state index in [1.807, 2.05) is 30.3 Å². The smallest absolute Gasteiger partial charge is 0.255 e. The topological polar surface area (TPSA) is 85.8 Å². The van der Waals surface area contributed by atoms with Crippen LogP contribution in [0.2, 0.25) is 0 Å². The molecule has 3 rings (SSSR count). The quantitative estimate of drug-likeness (QED) is 0.795. The molecule has 7 nitrogen and oxygen atoms in total. The molecule has 0 aliphatic rings. The molecule has 1 atom stereocenters. The summed E-state index contributed by atoms with van der Waals surface area (Å²) < 4.78 is 6.31. The van der Waals surface area contributed by atoms with Crippen molar-refractivity contribution in [2.24, 2.45) is 7.05 Å². The van der Waals surface area contributed by atoms with Crippen molar-refractivity contribution < 1.29 is 9.32 Å². The van der Waals surface area contributed by atoms with Crippen LogP contribution in [0.15, 0.2) is 47.4 Å². The minimum Gasteiger partial charge on any atom is -0.343 e. The van der Waals surface area contributed by atoms with Gasteiger partial charge < -0.3 is 9.84 Å². The third-order valence-electron chi connectivity index (χ3n) is 3.23. The average Bonchev–Trinajstić information content (AvgIpc) is 3.17. The molecule has 1 unspecified atom stereocenters. The maximum absolute atomic E-state index is 12.5. The van der Waals surface area contributed by atoms with E-state index in [1.54, 1.807) is 24.9 Å². The van der Waals surface area contributed by atoms with E-state index >= 15 is 0 Å². The van der Waals surface area contributed by atoms with E-state index < -0.39 is 0 Å². The van der Waals surface area contributed by atoms with Crippen molar-refractivity contribution in [1.82, 2.24) is 25.2 Å². The molecule has 2 heterocycles. The van der Waals surface area contributed by atoms with Crippen LogP contribution in [-0.2, 0) is 7.05 Å². The number of rotatable bonds is 4. The highest BCUT2D eigenvalue weighted by Gasteiger charge is 2.20. The number of benzene rings is 1. The summed E-state index contributed by atoms with van der Waals surface area (Å²) in [4.78, 5) is 16.4. The molecule has 0 fully saturated rings. The van der Waals surface area contributed by atoms with Gasteiger partial charge in [-0.25, -0.2) is 0 Å². The summed E-state index contributed by atoms with van der Waals surface area (Å²) in [6.45, 7) is 1.79. The van der Waals surface area contributed by atoms with Crippen molar-refractivity contribution in [2.45, 2.75) is 13.0 Å². The molecular formula is C15H15N5O2. The van der Waals surface area contributed by atoms with E-state index in [0.29, 0.717) is 17.1 Å². The minimum atomic E-state index is -0.352. The molecule has 0 saturated heterocycles. The Morgan fingerprint density at radius 2 is 2.09 bits per heavy atom. The van der Waals surface area contributed by atoms with Crippen molar-refractivity contribution >= 4 is 5.91 Å². The van der Waals surface area contributed by atoms with Crippen LogP contribution in [0.4, 0.5) is 0 Å². The van der Waals surface area contributed by atoms with Crippen molar-refractivity contribution in [2.75, 3.05) is 0 Å². The summed E-state index contributed by atoms with van der Waals surface area (Å²) >= 11 is 0. The molecule has 3 aromatic rings. The summed E-state index contributed by atoms with van der Waals surface area (Å²) in [6.07, 6.45) is 2.93. The Morgan fingerprint density at radius 1 is 1.32 bits per heavy atom. The van der Waals surface area contributed by atoms with Crippen LogP contribution in [0.1, 0.15) is 29.1 Å². The molecule has 7 heteroatoms. The summed E-state index contributed by atoms with van der Waals surface area (Å²) in [5, 5.41) is 10.9. The predicted octanol–water partition coefficient (Wildman–Crippen LogP) is 1.96. The molecule has 2 aromatic heterocycles. The molecule has 112 valence electrons. The van der Waals surface area contributed by atoms with Gasteiger partial charge in [-0.1, -0.05) is 35.5 Å². The summed E-state index contributed by atoms with van der Waals surface area (Å²) in [6, 6.07) is 9.23. The molecule has 0 bridgehead atoms. The average molecular weight is 297 g/mol. The van der Waals surface area contributed by atoms with Gasteiger partial charge in [0.2, 0.25) is 6.39 Å². The SMILES string of the molecule is CC(NC(=O)c1cn(C)nc1-c1ccccc1)c1ncon1. The minimum absolute atomic E-state index is 0.232. The lowest BCUT2D eigenvalue weighted by molar-refractivity contribution is 0.0938. The Balaban J connectivity index is 1.87. The third kappa shape index (κ3) is 2.73. The number of hydrogen-bond donors (Lipinski definition) is 1. The number of nitrogens with zero attached hydrogens (tertiary/aromatic N) is 4. The molecule has 22 heavy (non-hydrogen) atoms. The molecule has 1 amide bonds. The lowest BCUT2D eigenvalue weighted by Crippen LogP contribution is -2.27. The van der Waals surface area contributed by atoms with Crippen LogP contribution in [0.5, 0.6) is 0 Å². The Kier molecular flexibility index (Phi) is 3.69. The highest BCUT2D eigenvalue weighted by molar-refractivity contribution is 5.99. The summed E-state index contributed by atoms with van der Waals surface area (Å²) in [5.41, 5.74) is 2.03. The van der Waals surface area contributed by atoms with E-state index in [4.69, 9.17) is 4.52 Å². The molecule has 0 saturated carbocycles. The third-order valence-corrected chi connectivity index (χ3v) is 3.23. The Bertz CT molecular complexity index is 765. The van der Waals surface area contributed by atoms with E-state index in [-0.39, 0.29) is 11.9 Å². The second kappa shape index (κ2) is 5.80. The number of hydrogen-bond acceptors (Lipinski definition) is 5. The number of amides is 1. The zero-order valence-electron chi connectivity index (χ0n) is 12.2. The van der Waals surface area contributed by atoms with Gasteiger partial charge in [0, 0.05) is 18.8 Å². The molecule has 0 spiro atoms. The van der Waals surface area contributed by atoms with E-state index in [9.17, 15) is 4.79 Å². The Morgan fingerprint density at radius 3 is 2.77 bits per heavy atom. The summed E-state index contributed by atoms with van der Waals surface area (Å²) in [5.74, 6) is 0.197. The Labute approximate surface area is 127 Å². The van der Waals surface area contributed by atoms with Gasteiger partial charge in [0.15, 0.2) is 5.82 Å². The van der Waals surface area contributed by atoms with Gasteiger partial charge in [-0.15, -0.1) is 0 Å². The first-order valence-corrected chi connectivity index (χ1v) is 6.81. The van der Waals surface area contributed by atoms with Gasteiger partial charge in [-0.3, -0.25) is 9.48 Å². The van der Waals surface area contributed by atoms with E-state index in [1.165, 1.54) is 6.39 Å². The van der Waals surface area contributed by atoms with Crippen molar-refractivity contribution in [3.63, 3.8) is 0 Å². The van der Waals surface area contributed by atoms with E-state index in [0.717, 1.165) is 5.56 Å². The molecule has 1 aromatic carbocycles. The first-order chi connectivity index (χ1) is 10.6. The van der Waals surface area contributed by atoms with Crippen LogP contribution < -0.4 is 5.32 Å². The first kappa shape index (κ1) is 14.0. The van der Waals surface area contributed by atoms with Crippen LogP contribution >= 0.6 is 0 Å². The highest BCUT2D eigenvalue weighted by atomic mass is 16.5. The van der Waals surface area contributed by atoms with Gasteiger partial charge in [0.05, 0.1) is 11.6 Å². The van der Waals surface area contributed by atoms with Crippen LogP contribution in [-0.4, -0.2) is 25.8 Å². The normalized spacial score (nSPS) is 12.1. The fraction of sp³-hybridized carbons (Fsp3) is 0.200. The van der Waals surface area contributed by atoms with Crippen LogP contribution in [0.3, 0.4) is 0 Å². The second-order valence-corrected chi connectivity index (χ2v) is 4.92. The maximum Gasteiger partial charge on any atom is 0.255 e. The first-order valence-electron chi connectivity index (χ1n) is 6.81. The zero-order valence-corrected chi connectivity index (χ0v) is 12.2. The number of nitrogens with one attached hydrogen (secondary N) is 1. The largest absolute Gasteiger partial charge is 0.343 e. The second-order valence-electron chi connectivity index (χ2n) is 4.92. The monoisotopic (exact) mass is 297 g/mol. The number of aryl methyl sites for hydroxylation is 1. The molecular weight excluding hydrogens is 282 g/mol. The molecule has 1 N–H and O–H groups in total. The Hall–Kier alpha value is -2.96. The van der Waals surface area contributed by atoms with Crippen molar-refractivity contribution in [3.8, 4) is 11.3 Å². The lowest BCUT2D eigenvalue weighted by Gasteiger charge is -2.09. The van der Waals surface area contributed by atoms with Gasteiger partial charge in [0.1, 0.15) is 5.69 Å². The van der Waals surface area contributed by atoms with Gasteiger partial charge in [0.25, 0.3) is 5.91 Å². The van der Waals surface area contributed by atoms with Crippen LogP contribution in [0.25, 0.3) is 11.3 Å². The highest BCUT2D eigenvalue weighted by Crippen LogP contribution is 2.22. The van der Waals surface area contributed by atoms with Gasteiger partial charge >= 0.3 is 0 Å². The number of aromatic nitrogens is 4. The number of carbonyl (C=O) groups excluding carboxylic acids is 1. The predicted molar refractivity (Wildman–Crippen MR) is 78.8 cm³/mol. The van der Waals surface area contributed by atoms with Crippen molar-refractivity contribution in [3.05, 3.63) is 54.3 Å². The van der Waals surface area contributed by atoms with Gasteiger partial charge in [-0.2, -0.15) is 10.1 Å². The molecule has 0 radical (unpaired) electrons. The standard InChI is InChI=1S/C15H15N5O2/c1-10(14-16-9-22-19-14)17-15(21)12-8-20(2)18-13(12)11-6-4-3-5-7-11/h3-10H,1-2H3,(H,17,21).